The van der Waals surface area contributed by atoms with Crippen LogP contribution in [0, 0.1) is 0 Å². The van der Waals surface area contributed by atoms with Crippen LogP contribution in [-0.4, -0.2) is 112 Å². The topological polar surface area (TPSA) is 138 Å². The minimum Gasteiger partial charge on any atom is -0.508 e. The molecule has 3 amide bonds. The first-order valence-corrected chi connectivity index (χ1v) is 21.4. The SMILES string of the molecule is CC(C)(C)OC(=O)N1C(Cc2ccc(O)cc2)C(CN(C[C@H]2OC(C)(C)N(C(=O)O)[C@H]2Cc2ccccc2)C(=O)OCC[Si](C)(C)C)OC1(C)C. The molecule has 0 radical (unpaired) electrons. The average molecular weight is 728 g/mol. The molecular weight excluding hydrogens is 671 g/mol. The molecule has 2 saturated heterocycles. The van der Waals surface area contributed by atoms with Crippen LogP contribution in [0.1, 0.15) is 59.6 Å². The molecule has 2 aliphatic rings. The molecule has 0 spiro atoms. The molecule has 2 aliphatic heterocycles. The number of phenolic OH excluding ortho intramolecular Hbond substituents is 1. The minimum absolute atomic E-state index is 0.0230. The molecule has 0 saturated carbocycles. The molecule has 2 aromatic carbocycles. The Kier molecular flexibility index (Phi) is 12.1. The summed E-state index contributed by atoms with van der Waals surface area (Å²) in [7, 11) is -1.54. The smallest absolute Gasteiger partial charge is 0.412 e. The van der Waals surface area contributed by atoms with Crippen molar-refractivity contribution in [2.24, 2.45) is 0 Å². The van der Waals surface area contributed by atoms with E-state index in [-0.39, 0.29) is 25.4 Å². The number of carboxylic acid groups (broad SMARTS) is 1. The molecule has 0 aromatic heterocycles. The van der Waals surface area contributed by atoms with Crippen molar-refractivity contribution in [2.75, 3.05) is 19.7 Å². The lowest BCUT2D eigenvalue weighted by Gasteiger charge is -2.35. The molecule has 2 unspecified atom stereocenters. The molecule has 2 heterocycles. The van der Waals surface area contributed by atoms with Crippen molar-refractivity contribution in [3.63, 3.8) is 0 Å². The Balaban J connectivity index is 1.71. The Hall–Kier alpha value is -3.81. The maximum Gasteiger partial charge on any atom is 0.412 e. The van der Waals surface area contributed by atoms with Crippen molar-refractivity contribution >= 4 is 26.4 Å². The van der Waals surface area contributed by atoms with Crippen LogP contribution in [0.5, 0.6) is 5.75 Å². The van der Waals surface area contributed by atoms with Crippen molar-refractivity contribution in [1.29, 1.82) is 0 Å². The number of rotatable bonds is 11. The summed E-state index contributed by atoms with van der Waals surface area (Å²) < 4.78 is 24.8. The maximum atomic E-state index is 14.1. The zero-order chi connectivity index (χ0) is 37.9. The van der Waals surface area contributed by atoms with Gasteiger partial charge in [-0.1, -0.05) is 62.1 Å². The second-order valence-corrected chi connectivity index (χ2v) is 22.4. The molecular formula is C38H57N3O9Si. The van der Waals surface area contributed by atoms with Crippen LogP contribution in [0.3, 0.4) is 0 Å². The van der Waals surface area contributed by atoms with E-state index in [1.807, 2.05) is 30.3 Å². The second kappa shape index (κ2) is 15.4. The molecule has 2 N–H and O–H groups in total. The second-order valence-electron chi connectivity index (χ2n) is 16.7. The Morgan fingerprint density at radius 3 is 1.80 bits per heavy atom. The van der Waals surface area contributed by atoms with Gasteiger partial charge in [0.2, 0.25) is 0 Å². The van der Waals surface area contributed by atoms with Crippen LogP contribution in [0.4, 0.5) is 14.4 Å². The van der Waals surface area contributed by atoms with Crippen LogP contribution in [0.25, 0.3) is 0 Å². The van der Waals surface area contributed by atoms with Gasteiger partial charge < -0.3 is 34.1 Å². The highest BCUT2D eigenvalue weighted by Gasteiger charge is 2.54. The van der Waals surface area contributed by atoms with Crippen LogP contribution >= 0.6 is 0 Å². The first-order valence-electron chi connectivity index (χ1n) is 17.7. The van der Waals surface area contributed by atoms with Gasteiger partial charge in [-0.15, -0.1) is 0 Å². The van der Waals surface area contributed by atoms with E-state index in [1.54, 1.807) is 77.6 Å². The fraction of sp³-hybridized carbons (Fsp3) is 0.605. The van der Waals surface area contributed by atoms with Crippen LogP contribution in [0.15, 0.2) is 54.6 Å². The number of carbonyl (C=O) groups is 3. The zero-order valence-corrected chi connectivity index (χ0v) is 32.8. The Morgan fingerprint density at radius 1 is 0.824 bits per heavy atom. The van der Waals surface area contributed by atoms with Crippen molar-refractivity contribution in [1.82, 2.24) is 14.7 Å². The molecule has 12 nitrogen and oxygen atoms in total. The number of ether oxygens (including phenoxy) is 4. The number of hydrogen-bond donors (Lipinski definition) is 2. The van der Waals surface area contributed by atoms with Gasteiger partial charge in [0.25, 0.3) is 0 Å². The van der Waals surface area contributed by atoms with Crippen molar-refractivity contribution < 1.29 is 43.5 Å². The van der Waals surface area contributed by atoms with Crippen molar-refractivity contribution in [3.05, 3.63) is 65.7 Å². The van der Waals surface area contributed by atoms with E-state index < -0.39 is 67.7 Å². The summed E-state index contributed by atoms with van der Waals surface area (Å²) in [5.41, 5.74) is -1.25. The van der Waals surface area contributed by atoms with Gasteiger partial charge in [-0.05, 0) is 90.6 Å². The van der Waals surface area contributed by atoms with E-state index >= 15 is 0 Å². The normalized spacial score (nSPS) is 22.9. The van der Waals surface area contributed by atoms with Gasteiger partial charge in [-0.3, -0.25) is 9.80 Å². The first-order chi connectivity index (χ1) is 23.6. The van der Waals surface area contributed by atoms with Gasteiger partial charge in [-0.25, -0.2) is 14.4 Å². The van der Waals surface area contributed by atoms with Crippen molar-refractivity contribution in [3.8, 4) is 5.75 Å². The molecule has 2 fully saturated rings. The van der Waals surface area contributed by atoms with Gasteiger partial charge in [0.05, 0.1) is 44.0 Å². The quantitative estimate of drug-likeness (QED) is 0.231. The van der Waals surface area contributed by atoms with E-state index in [9.17, 15) is 24.6 Å². The third kappa shape index (κ3) is 10.6. The standard InChI is InChI=1S/C38H57N3O9Si/c1-36(2,3)50-35(46)41-30(23-27-16-18-28(42)19-17-27)32(49-38(41,6)7)25-39(34(45)47-20-21-51(8,9)10)24-31-29(22-26-14-12-11-13-15-26)40(33(43)44)37(4,5)48-31/h11-19,29-32,42H,20-25H2,1-10H3,(H,43,44)/t29-,30?,31+,32?/m0/s1. The molecule has 282 valence electrons. The third-order valence-corrected chi connectivity index (χ3v) is 10.9. The van der Waals surface area contributed by atoms with Crippen LogP contribution < -0.4 is 0 Å². The summed E-state index contributed by atoms with van der Waals surface area (Å²) in [6, 6.07) is 15.9. The average Bonchev–Trinajstić information content (AvgIpc) is 3.39. The molecule has 4 rings (SSSR count). The van der Waals surface area contributed by atoms with E-state index in [0.29, 0.717) is 12.8 Å². The Morgan fingerprint density at radius 2 is 1.31 bits per heavy atom. The molecule has 2 aromatic rings. The third-order valence-electron chi connectivity index (χ3n) is 9.16. The van der Waals surface area contributed by atoms with Gasteiger partial charge in [0, 0.05) is 8.07 Å². The highest BCUT2D eigenvalue weighted by atomic mass is 28.3. The number of nitrogens with zero attached hydrogens (tertiary/aromatic N) is 3. The Bertz CT molecular complexity index is 1510. The number of aromatic hydroxyl groups is 1. The van der Waals surface area contributed by atoms with E-state index in [4.69, 9.17) is 18.9 Å². The highest BCUT2D eigenvalue weighted by molar-refractivity contribution is 6.76. The summed E-state index contributed by atoms with van der Waals surface area (Å²) in [4.78, 5) is 45.0. The number of benzene rings is 2. The van der Waals surface area contributed by atoms with E-state index in [0.717, 1.165) is 17.2 Å². The lowest BCUT2D eigenvalue weighted by Crippen LogP contribution is -2.53. The predicted molar refractivity (Wildman–Crippen MR) is 196 cm³/mol. The molecule has 0 bridgehead atoms. The lowest BCUT2D eigenvalue weighted by molar-refractivity contribution is -0.0879. The van der Waals surface area contributed by atoms with E-state index in [1.165, 1.54) is 9.80 Å². The summed E-state index contributed by atoms with van der Waals surface area (Å²) in [5, 5.41) is 20.3. The number of hydrogen-bond acceptors (Lipinski definition) is 8. The number of phenols is 1. The maximum absolute atomic E-state index is 14.1. The predicted octanol–water partition coefficient (Wildman–Crippen LogP) is 7.18. The van der Waals surface area contributed by atoms with Crippen molar-refractivity contribution in [2.45, 2.75) is 128 Å². The van der Waals surface area contributed by atoms with Gasteiger partial charge in [-0.2, -0.15) is 0 Å². The van der Waals surface area contributed by atoms with Crippen LogP contribution in [0.2, 0.25) is 25.7 Å². The lowest BCUT2D eigenvalue weighted by atomic mass is 9.98. The first kappa shape index (κ1) is 40.0. The van der Waals surface area contributed by atoms with Gasteiger partial charge >= 0.3 is 18.3 Å². The summed E-state index contributed by atoms with van der Waals surface area (Å²) in [6.45, 7) is 19.3. The fourth-order valence-electron chi connectivity index (χ4n) is 6.87. The highest BCUT2D eigenvalue weighted by Crippen LogP contribution is 2.38. The summed E-state index contributed by atoms with van der Waals surface area (Å²) >= 11 is 0. The monoisotopic (exact) mass is 727 g/mol. The number of amides is 3. The van der Waals surface area contributed by atoms with E-state index in [2.05, 4.69) is 19.6 Å². The molecule has 51 heavy (non-hydrogen) atoms. The zero-order valence-electron chi connectivity index (χ0n) is 31.8. The molecule has 13 heteroatoms. The van der Waals surface area contributed by atoms with Gasteiger partial charge in [0.15, 0.2) is 0 Å². The van der Waals surface area contributed by atoms with Gasteiger partial charge in [0.1, 0.15) is 22.8 Å². The minimum atomic E-state index is -1.54. The largest absolute Gasteiger partial charge is 0.508 e. The Labute approximate surface area is 303 Å². The molecule has 4 atom stereocenters. The summed E-state index contributed by atoms with van der Waals surface area (Å²) in [5.74, 6) is 0.120. The fourth-order valence-corrected chi connectivity index (χ4v) is 7.58. The molecule has 0 aliphatic carbocycles. The van der Waals surface area contributed by atoms with Crippen LogP contribution in [-0.2, 0) is 31.8 Å². The summed E-state index contributed by atoms with van der Waals surface area (Å²) in [6.07, 6.45) is -2.90. The number of carbonyl (C=O) groups excluding carboxylic acids is 2.